The molecule has 2 N–H and O–H groups in total. The Balaban J connectivity index is 1.26. The molecule has 0 saturated carbocycles. The summed E-state index contributed by atoms with van der Waals surface area (Å²) in [5.41, 5.74) is 1.60. The van der Waals surface area contributed by atoms with E-state index in [0.29, 0.717) is 35.6 Å². The van der Waals surface area contributed by atoms with Crippen LogP contribution < -0.4 is 24.8 Å². The van der Waals surface area contributed by atoms with E-state index in [1.807, 2.05) is 36.4 Å². The van der Waals surface area contributed by atoms with Crippen LogP contribution in [0.3, 0.4) is 0 Å². The Morgan fingerprint density at radius 2 is 1.71 bits per heavy atom. The van der Waals surface area contributed by atoms with Gasteiger partial charge in [0.25, 0.3) is 0 Å². The zero-order valence-corrected chi connectivity index (χ0v) is 20.3. The fourth-order valence-electron chi connectivity index (χ4n) is 4.40. The van der Waals surface area contributed by atoms with Crippen LogP contribution in [0.5, 0.6) is 17.2 Å². The van der Waals surface area contributed by atoms with E-state index < -0.39 is 0 Å². The Bertz CT molecular complexity index is 1180. The highest BCUT2D eigenvalue weighted by Crippen LogP contribution is 2.36. The van der Waals surface area contributed by atoms with Gasteiger partial charge in [-0.1, -0.05) is 12.1 Å². The van der Waals surface area contributed by atoms with E-state index in [0.717, 1.165) is 17.0 Å². The van der Waals surface area contributed by atoms with E-state index in [1.165, 1.54) is 0 Å². The van der Waals surface area contributed by atoms with Crippen LogP contribution in [0, 0.1) is 0 Å². The summed E-state index contributed by atoms with van der Waals surface area (Å²) in [5, 5.41) is 19.3. The average molecular weight is 499 g/mol. The van der Waals surface area contributed by atoms with Crippen molar-refractivity contribution in [1.29, 1.82) is 0 Å². The highest BCUT2D eigenvalue weighted by Gasteiger charge is 2.49. The third-order valence-electron chi connectivity index (χ3n) is 6.09. The first-order valence-electron chi connectivity index (χ1n) is 11.1. The van der Waals surface area contributed by atoms with Crippen LogP contribution in [-0.2, 0) is 9.47 Å². The lowest BCUT2D eigenvalue weighted by Crippen LogP contribution is -2.45. The molecule has 2 aliphatic rings. The number of methoxy groups -OCH3 is 3. The Morgan fingerprint density at radius 1 is 0.971 bits per heavy atom. The second-order valence-corrected chi connectivity index (χ2v) is 8.56. The van der Waals surface area contributed by atoms with E-state index >= 15 is 0 Å². The molecule has 0 spiro atoms. The zero-order chi connectivity index (χ0) is 24.4. The number of hydrogen-bond donors (Lipinski definition) is 2. The van der Waals surface area contributed by atoms with Crippen LogP contribution in [0.25, 0.3) is 11.4 Å². The summed E-state index contributed by atoms with van der Waals surface area (Å²) < 4.78 is 30.0. The van der Waals surface area contributed by atoms with E-state index in [4.69, 9.17) is 35.9 Å². The maximum Gasteiger partial charge on any atom is 0.182 e. The SMILES string of the molecule is COc1cc(NC(=S)N[C@H]2CO[C@H]3[C@H]2OC[C@H]3n2nnnc2-c2cccc(OC)c2)cc(OC)c1. The van der Waals surface area contributed by atoms with Crippen molar-refractivity contribution in [3.8, 4) is 28.6 Å². The van der Waals surface area contributed by atoms with Crippen molar-refractivity contribution in [1.82, 2.24) is 25.5 Å². The molecule has 0 bridgehead atoms. The molecular weight excluding hydrogens is 472 g/mol. The maximum absolute atomic E-state index is 6.13. The Labute approximate surface area is 207 Å². The number of rotatable bonds is 7. The molecule has 0 amide bonds. The predicted octanol–water partition coefficient (Wildman–Crippen LogP) is 2.06. The lowest BCUT2D eigenvalue weighted by Gasteiger charge is -2.20. The van der Waals surface area contributed by atoms with Gasteiger partial charge in [0.1, 0.15) is 35.5 Å². The first kappa shape index (κ1) is 23.3. The minimum Gasteiger partial charge on any atom is -0.497 e. The molecule has 184 valence electrons. The first-order chi connectivity index (χ1) is 17.1. The molecule has 35 heavy (non-hydrogen) atoms. The van der Waals surface area contributed by atoms with Crippen molar-refractivity contribution >= 4 is 23.0 Å². The molecule has 0 aliphatic carbocycles. The summed E-state index contributed by atoms with van der Waals surface area (Å²) in [6.45, 7) is 0.856. The molecular formula is C23H26N6O5S. The number of aromatic nitrogens is 4. The van der Waals surface area contributed by atoms with Gasteiger partial charge in [0.2, 0.25) is 0 Å². The van der Waals surface area contributed by atoms with E-state index in [2.05, 4.69) is 26.2 Å². The van der Waals surface area contributed by atoms with E-state index in [9.17, 15) is 0 Å². The van der Waals surface area contributed by atoms with Gasteiger partial charge in [-0.2, -0.15) is 0 Å². The summed E-state index contributed by atoms with van der Waals surface area (Å²) in [4.78, 5) is 0. The Kier molecular flexibility index (Phi) is 6.66. The van der Waals surface area contributed by atoms with Gasteiger partial charge in [0.15, 0.2) is 10.9 Å². The lowest BCUT2D eigenvalue weighted by molar-refractivity contribution is 0.0626. The number of benzene rings is 2. The normalized spacial score (nSPS) is 22.9. The molecule has 2 aliphatic heterocycles. The fraction of sp³-hybridized carbons (Fsp3) is 0.391. The van der Waals surface area contributed by atoms with Crippen LogP contribution in [0.4, 0.5) is 5.69 Å². The minimum atomic E-state index is -0.222. The molecule has 0 radical (unpaired) electrons. The molecule has 2 fully saturated rings. The number of ether oxygens (including phenoxy) is 5. The summed E-state index contributed by atoms with van der Waals surface area (Å²) in [7, 11) is 4.83. The molecule has 3 aromatic rings. The van der Waals surface area contributed by atoms with Gasteiger partial charge in [-0.3, -0.25) is 0 Å². The quantitative estimate of drug-likeness (QED) is 0.467. The van der Waals surface area contributed by atoms with Crippen molar-refractivity contribution in [3.63, 3.8) is 0 Å². The van der Waals surface area contributed by atoms with Gasteiger partial charge in [-0.05, 0) is 34.8 Å². The average Bonchev–Trinajstić information content (AvgIpc) is 3.61. The summed E-state index contributed by atoms with van der Waals surface area (Å²) >= 11 is 5.54. The minimum absolute atomic E-state index is 0.130. The number of thiocarbonyl (C=S) groups is 1. The molecule has 3 heterocycles. The highest BCUT2D eigenvalue weighted by atomic mass is 32.1. The molecule has 1 aromatic heterocycles. The van der Waals surface area contributed by atoms with Crippen LogP contribution in [0.15, 0.2) is 42.5 Å². The Hall–Kier alpha value is -3.48. The predicted molar refractivity (Wildman–Crippen MR) is 131 cm³/mol. The topological polar surface area (TPSA) is 114 Å². The number of hydrogen-bond acceptors (Lipinski definition) is 9. The number of nitrogens with zero attached hydrogens (tertiary/aromatic N) is 4. The number of anilines is 1. The van der Waals surface area contributed by atoms with E-state index in [-0.39, 0.29) is 24.3 Å². The fourth-order valence-corrected chi connectivity index (χ4v) is 4.67. The molecule has 5 rings (SSSR count). The smallest absolute Gasteiger partial charge is 0.182 e. The van der Waals surface area contributed by atoms with Crippen LogP contribution in [-0.4, -0.2) is 78.1 Å². The summed E-state index contributed by atoms with van der Waals surface area (Å²) in [6.07, 6.45) is -0.429. The molecule has 2 aromatic carbocycles. The maximum atomic E-state index is 6.13. The van der Waals surface area contributed by atoms with Gasteiger partial charge in [-0.25, -0.2) is 4.68 Å². The van der Waals surface area contributed by atoms with Crippen molar-refractivity contribution in [2.45, 2.75) is 24.3 Å². The Morgan fingerprint density at radius 3 is 2.46 bits per heavy atom. The second-order valence-electron chi connectivity index (χ2n) is 8.15. The van der Waals surface area contributed by atoms with Gasteiger partial charge in [0, 0.05) is 29.4 Å². The molecule has 0 unspecified atom stereocenters. The van der Waals surface area contributed by atoms with Crippen molar-refractivity contribution in [2.75, 3.05) is 39.9 Å². The van der Waals surface area contributed by atoms with Gasteiger partial charge in [-0.15, -0.1) is 5.10 Å². The van der Waals surface area contributed by atoms with Crippen molar-refractivity contribution < 1.29 is 23.7 Å². The molecule has 2 saturated heterocycles. The number of tetrazole rings is 1. The zero-order valence-electron chi connectivity index (χ0n) is 19.5. The van der Waals surface area contributed by atoms with Gasteiger partial charge < -0.3 is 34.3 Å². The van der Waals surface area contributed by atoms with Crippen LogP contribution in [0.2, 0.25) is 0 Å². The van der Waals surface area contributed by atoms with E-state index in [1.54, 1.807) is 32.1 Å². The monoisotopic (exact) mass is 498 g/mol. The van der Waals surface area contributed by atoms with Crippen molar-refractivity contribution in [3.05, 3.63) is 42.5 Å². The molecule has 12 heteroatoms. The third kappa shape index (κ3) is 4.72. The first-order valence-corrected chi connectivity index (χ1v) is 11.5. The largest absolute Gasteiger partial charge is 0.497 e. The third-order valence-corrected chi connectivity index (χ3v) is 6.31. The van der Waals surface area contributed by atoms with Crippen LogP contribution >= 0.6 is 12.2 Å². The van der Waals surface area contributed by atoms with Gasteiger partial charge >= 0.3 is 0 Å². The summed E-state index contributed by atoms with van der Waals surface area (Å²) in [6, 6.07) is 12.8. The standard InChI is InChI=1S/C23H26N6O5S/c1-30-15-6-4-5-13(7-15)22-26-27-28-29(22)19-12-34-20-18(11-33-21(19)20)25-23(35)24-14-8-16(31-2)10-17(9-14)32-3/h4-10,18-21H,11-12H2,1-3H3,(H2,24,25,35)/t18-,19+,20-,21+/m0/s1. The van der Waals surface area contributed by atoms with Crippen LogP contribution in [0.1, 0.15) is 6.04 Å². The molecule has 4 atom stereocenters. The van der Waals surface area contributed by atoms with Crippen molar-refractivity contribution in [2.24, 2.45) is 0 Å². The van der Waals surface area contributed by atoms with Gasteiger partial charge in [0.05, 0.1) is 40.6 Å². The lowest BCUT2D eigenvalue weighted by atomic mass is 10.1. The summed E-state index contributed by atoms with van der Waals surface area (Å²) in [5.74, 6) is 2.68. The number of fused-ring (bicyclic) bond motifs is 1. The highest BCUT2D eigenvalue weighted by molar-refractivity contribution is 7.80. The molecule has 11 nitrogen and oxygen atoms in total. The number of nitrogens with one attached hydrogen (secondary N) is 2. The second kappa shape index (κ2) is 10.0.